The quantitative estimate of drug-likeness (QED) is 0.709. The van der Waals surface area contributed by atoms with Crippen LogP contribution in [0.25, 0.3) is 0 Å². The van der Waals surface area contributed by atoms with E-state index >= 15 is 0 Å². The smallest absolute Gasteiger partial charge is 0.251 e. The highest BCUT2D eigenvalue weighted by Crippen LogP contribution is 2.33. The van der Waals surface area contributed by atoms with Crippen molar-refractivity contribution in [2.45, 2.75) is 65.2 Å². The fraction of sp³-hybridized carbons (Fsp3) is 0.929. The number of rotatable bonds is 5. The maximum atomic E-state index is 12.0. The van der Waals surface area contributed by atoms with Crippen LogP contribution in [0.5, 0.6) is 0 Å². The van der Waals surface area contributed by atoms with Crippen molar-refractivity contribution in [2.75, 3.05) is 6.61 Å². The van der Waals surface area contributed by atoms with Gasteiger partial charge in [-0.2, -0.15) is 0 Å². The second-order valence-electron chi connectivity index (χ2n) is 5.88. The number of amides is 1. The Balaban J connectivity index is 1.76. The van der Waals surface area contributed by atoms with Crippen molar-refractivity contribution in [2.24, 2.45) is 11.8 Å². The first-order chi connectivity index (χ1) is 8.59. The Morgan fingerprint density at radius 2 is 2.22 bits per heavy atom. The van der Waals surface area contributed by atoms with Gasteiger partial charge in [0.15, 0.2) is 6.29 Å². The lowest BCUT2D eigenvalue weighted by atomic mass is 9.85. The van der Waals surface area contributed by atoms with Gasteiger partial charge in [0.25, 0.3) is 5.91 Å². The lowest BCUT2D eigenvalue weighted by molar-refractivity contribution is -0.316. The molecular weight excluding hydrogens is 230 g/mol. The Morgan fingerprint density at radius 3 is 2.78 bits per heavy atom. The Labute approximate surface area is 110 Å². The highest BCUT2D eigenvalue weighted by Gasteiger charge is 2.46. The Morgan fingerprint density at radius 1 is 1.44 bits per heavy atom. The maximum Gasteiger partial charge on any atom is 0.251 e. The third kappa shape index (κ3) is 3.04. The van der Waals surface area contributed by atoms with Gasteiger partial charge in [-0.05, 0) is 32.1 Å². The van der Waals surface area contributed by atoms with Crippen molar-refractivity contribution in [1.29, 1.82) is 0 Å². The molecule has 0 aromatic carbocycles. The lowest BCUT2D eigenvalue weighted by Crippen LogP contribution is -2.60. The first-order valence-corrected chi connectivity index (χ1v) is 7.21. The van der Waals surface area contributed by atoms with Gasteiger partial charge in [0, 0.05) is 13.0 Å². The summed E-state index contributed by atoms with van der Waals surface area (Å²) in [4.78, 5) is 17.7. The third-order valence-corrected chi connectivity index (χ3v) is 3.91. The monoisotopic (exact) mass is 255 g/mol. The van der Waals surface area contributed by atoms with Gasteiger partial charge in [0.1, 0.15) is 0 Å². The van der Waals surface area contributed by atoms with E-state index in [0.717, 1.165) is 38.7 Å². The molecule has 2 fully saturated rings. The van der Waals surface area contributed by atoms with Crippen molar-refractivity contribution in [3.05, 3.63) is 0 Å². The van der Waals surface area contributed by atoms with E-state index in [0.29, 0.717) is 5.92 Å². The minimum Gasteiger partial charge on any atom is -0.350 e. The van der Waals surface area contributed by atoms with E-state index in [1.54, 1.807) is 0 Å². The van der Waals surface area contributed by atoms with E-state index in [-0.39, 0.29) is 24.2 Å². The summed E-state index contributed by atoms with van der Waals surface area (Å²) in [5.41, 5.74) is 0. The van der Waals surface area contributed by atoms with Gasteiger partial charge in [0.2, 0.25) is 0 Å². The second-order valence-corrected chi connectivity index (χ2v) is 5.88. The molecule has 0 bridgehead atoms. The van der Waals surface area contributed by atoms with Crippen LogP contribution < -0.4 is 0 Å². The van der Waals surface area contributed by atoms with Crippen molar-refractivity contribution in [1.82, 2.24) is 5.06 Å². The average molecular weight is 255 g/mol. The van der Waals surface area contributed by atoms with Crippen molar-refractivity contribution < 1.29 is 14.4 Å². The molecule has 18 heavy (non-hydrogen) atoms. The van der Waals surface area contributed by atoms with E-state index in [1.807, 2.05) is 0 Å². The van der Waals surface area contributed by atoms with Gasteiger partial charge in [-0.15, -0.1) is 0 Å². The van der Waals surface area contributed by atoms with Crippen molar-refractivity contribution in [3.63, 3.8) is 0 Å². The number of hydroxylamine groups is 2. The Bertz CT molecular complexity index is 287. The van der Waals surface area contributed by atoms with Crippen LogP contribution >= 0.6 is 0 Å². The van der Waals surface area contributed by atoms with Gasteiger partial charge >= 0.3 is 0 Å². The maximum absolute atomic E-state index is 12.0. The van der Waals surface area contributed by atoms with E-state index < -0.39 is 0 Å². The SMILES string of the molecule is CC(C)CC[C@H]1C(=O)N(OC2CCCCO2)[C@H]1C. The third-order valence-electron chi connectivity index (χ3n) is 3.91. The minimum absolute atomic E-state index is 0.136. The topological polar surface area (TPSA) is 38.8 Å². The number of hydrogen-bond donors (Lipinski definition) is 0. The molecule has 0 aromatic rings. The number of nitrogens with zero attached hydrogens (tertiary/aromatic N) is 1. The highest BCUT2D eigenvalue weighted by molar-refractivity contribution is 5.84. The molecule has 2 rings (SSSR count). The lowest BCUT2D eigenvalue weighted by Gasteiger charge is -2.45. The van der Waals surface area contributed by atoms with Crippen LogP contribution in [-0.2, 0) is 14.4 Å². The first-order valence-electron chi connectivity index (χ1n) is 7.21. The normalized spacial score (nSPS) is 32.8. The molecule has 1 amide bonds. The summed E-state index contributed by atoms with van der Waals surface area (Å²) < 4.78 is 5.50. The van der Waals surface area contributed by atoms with Crippen LogP contribution in [0.1, 0.15) is 52.9 Å². The molecule has 2 saturated heterocycles. The van der Waals surface area contributed by atoms with Gasteiger partial charge in [0.05, 0.1) is 12.0 Å². The fourth-order valence-electron chi connectivity index (χ4n) is 2.60. The number of β-lactam (4-membered cyclic amide) rings is 1. The zero-order valence-corrected chi connectivity index (χ0v) is 11.7. The van der Waals surface area contributed by atoms with E-state index in [2.05, 4.69) is 20.8 Å². The second kappa shape index (κ2) is 6.02. The molecule has 4 nitrogen and oxygen atoms in total. The largest absolute Gasteiger partial charge is 0.350 e. The summed E-state index contributed by atoms with van der Waals surface area (Å²) in [6.45, 7) is 7.20. The van der Waals surface area contributed by atoms with Crippen LogP contribution in [0.3, 0.4) is 0 Å². The molecular formula is C14H25NO3. The predicted molar refractivity (Wildman–Crippen MR) is 68.5 cm³/mol. The summed E-state index contributed by atoms with van der Waals surface area (Å²) in [7, 11) is 0. The zero-order chi connectivity index (χ0) is 13.1. The molecule has 1 unspecified atom stereocenters. The molecule has 0 saturated carbocycles. The van der Waals surface area contributed by atoms with Crippen LogP contribution in [-0.4, -0.2) is 29.9 Å². The van der Waals surface area contributed by atoms with Crippen molar-refractivity contribution in [3.8, 4) is 0 Å². The summed E-state index contributed by atoms with van der Waals surface area (Å²) >= 11 is 0. The van der Waals surface area contributed by atoms with Crippen LogP contribution in [0.4, 0.5) is 0 Å². The van der Waals surface area contributed by atoms with Gasteiger partial charge < -0.3 is 4.74 Å². The van der Waals surface area contributed by atoms with Crippen LogP contribution in [0.2, 0.25) is 0 Å². The summed E-state index contributed by atoms with van der Waals surface area (Å²) in [5.74, 6) is 0.940. The molecule has 0 N–H and O–H groups in total. The molecule has 2 aliphatic heterocycles. The van der Waals surface area contributed by atoms with Gasteiger partial charge in [-0.25, -0.2) is 9.90 Å². The Hall–Kier alpha value is -0.610. The molecule has 104 valence electrons. The van der Waals surface area contributed by atoms with Gasteiger partial charge in [-0.3, -0.25) is 4.79 Å². The van der Waals surface area contributed by atoms with E-state index in [1.165, 1.54) is 5.06 Å². The molecule has 0 aliphatic carbocycles. The molecule has 0 aromatic heterocycles. The molecule has 4 heteroatoms. The highest BCUT2D eigenvalue weighted by atomic mass is 16.8. The molecule has 3 atom stereocenters. The summed E-state index contributed by atoms with van der Waals surface area (Å²) in [5, 5.41) is 1.53. The molecule has 0 spiro atoms. The number of hydrogen-bond acceptors (Lipinski definition) is 3. The summed E-state index contributed by atoms with van der Waals surface area (Å²) in [6.07, 6.45) is 4.99. The standard InChI is InChI=1S/C14H25NO3/c1-10(2)7-8-12-11(3)15(14(12)16)18-13-6-4-5-9-17-13/h10-13H,4-9H2,1-3H3/t11-,12+,13?/m0/s1. The van der Waals surface area contributed by atoms with Crippen LogP contribution in [0, 0.1) is 11.8 Å². The average Bonchev–Trinajstić information content (AvgIpc) is 2.37. The fourth-order valence-corrected chi connectivity index (χ4v) is 2.60. The van der Waals surface area contributed by atoms with E-state index in [9.17, 15) is 4.79 Å². The molecule has 2 heterocycles. The zero-order valence-electron chi connectivity index (χ0n) is 11.7. The Kier molecular flexibility index (Phi) is 4.62. The van der Waals surface area contributed by atoms with E-state index in [4.69, 9.17) is 9.57 Å². The number of carbonyl (C=O) groups is 1. The number of carbonyl (C=O) groups excluding carboxylic acids is 1. The molecule has 2 aliphatic rings. The predicted octanol–water partition coefficient (Wildman–Crippen LogP) is 2.73. The van der Waals surface area contributed by atoms with Gasteiger partial charge in [-0.1, -0.05) is 20.3 Å². The molecule has 0 radical (unpaired) electrons. The number of ether oxygens (including phenoxy) is 1. The summed E-state index contributed by atoms with van der Waals surface area (Å²) in [6, 6.07) is 0.196. The van der Waals surface area contributed by atoms with Crippen molar-refractivity contribution >= 4 is 5.91 Å². The first kappa shape index (κ1) is 13.8. The minimum atomic E-state index is -0.212. The van der Waals surface area contributed by atoms with Crippen LogP contribution in [0.15, 0.2) is 0 Å².